The molecule has 0 spiro atoms. The minimum Gasteiger partial charge on any atom is -0.436 e. The average molecular weight is 224 g/mol. The van der Waals surface area contributed by atoms with Crippen molar-refractivity contribution in [3.8, 4) is 0 Å². The maximum atomic E-state index is 12.0. The van der Waals surface area contributed by atoms with Gasteiger partial charge in [0.25, 0.3) is 5.91 Å². The van der Waals surface area contributed by atoms with Crippen molar-refractivity contribution in [2.75, 3.05) is 19.7 Å². The molecule has 5 nitrogen and oxygen atoms in total. The number of oxazole rings is 1. The Labute approximate surface area is 94.4 Å². The van der Waals surface area contributed by atoms with Crippen molar-refractivity contribution in [1.82, 2.24) is 9.88 Å². The standard InChI is InChI=1S/C11H16N2O3/c1-4-5-13(6-7-14)11(15)10-8(2)12-9(3)16-10/h4,14H,1,5-7H2,2-3H3. The lowest BCUT2D eigenvalue weighted by atomic mass is 10.3. The van der Waals surface area contributed by atoms with Gasteiger partial charge >= 0.3 is 0 Å². The van der Waals surface area contributed by atoms with Gasteiger partial charge in [-0.1, -0.05) is 6.08 Å². The Hall–Kier alpha value is -1.62. The van der Waals surface area contributed by atoms with Crippen LogP contribution in [0.5, 0.6) is 0 Å². The number of aromatic nitrogens is 1. The zero-order valence-corrected chi connectivity index (χ0v) is 9.56. The van der Waals surface area contributed by atoms with E-state index in [9.17, 15) is 4.79 Å². The molecule has 1 rings (SSSR count). The lowest BCUT2D eigenvalue weighted by Crippen LogP contribution is -2.33. The molecule has 0 radical (unpaired) electrons. The predicted molar refractivity (Wildman–Crippen MR) is 59.2 cm³/mol. The second-order valence-electron chi connectivity index (χ2n) is 3.41. The Kier molecular flexibility index (Phi) is 4.25. The van der Waals surface area contributed by atoms with Gasteiger partial charge in [-0.15, -0.1) is 6.58 Å². The molecule has 1 aromatic heterocycles. The summed E-state index contributed by atoms with van der Waals surface area (Å²) in [6.45, 7) is 7.51. The molecule has 0 atom stereocenters. The number of aliphatic hydroxyl groups is 1. The Bertz CT molecular complexity index is 385. The van der Waals surface area contributed by atoms with E-state index in [1.165, 1.54) is 4.90 Å². The molecule has 1 heterocycles. The van der Waals surface area contributed by atoms with Crippen LogP contribution < -0.4 is 0 Å². The highest BCUT2D eigenvalue weighted by Gasteiger charge is 2.21. The van der Waals surface area contributed by atoms with E-state index >= 15 is 0 Å². The lowest BCUT2D eigenvalue weighted by Gasteiger charge is -2.18. The first kappa shape index (κ1) is 12.4. The average Bonchev–Trinajstić information content (AvgIpc) is 2.56. The van der Waals surface area contributed by atoms with Crippen molar-refractivity contribution >= 4 is 5.91 Å². The molecule has 0 fully saturated rings. The number of aliphatic hydroxyl groups excluding tert-OH is 1. The number of rotatable bonds is 5. The summed E-state index contributed by atoms with van der Waals surface area (Å²) in [7, 11) is 0. The van der Waals surface area contributed by atoms with Crippen LogP contribution in [0.3, 0.4) is 0 Å². The van der Waals surface area contributed by atoms with E-state index in [-0.39, 0.29) is 24.8 Å². The molecule has 0 aliphatic rings. The first-order valence-electron chi connectivity index (χ1n) is 5.05. The molecule has 1 amide bonds. The van der Waals surface area contributed by atoms with Crippen molar-refractivity contribution < 1.29 is 14.3 Å². The summed E-state index contributed by atoms with van der Waals surface area (Å²) in [6, 6.07) is 0. The third kappa shape index (κ3) is 2.70. The minimum absolute atomic E-state index is 0.0915. The fourth-order valence-corrected chi connectivity index (χ4v) is 1.43. The van der Waals surface area contributed by atoms with E-state index < -0.39 is 0 Å². The Morgan fingerprint density at radius 1 is 1.62 bits per heavy atom. The third-order valence-electron chi connectivity index (χ3n) is 2.10. The van der Waals surface area contributed by atoms with Gasteiger partial charge in [0, 0.05) is 20.0 Å². The second-order valence-corrected chi connectivity index (χ2v) is 3.41. The fraction of sp³-hybridized carbons (Fsp3) is 0.455. The summed E-state index contributed by atoms with van der Waals surface area (Å²) in [5, 5.41) is 8.86. The van der Waals surface area contributed by atoms with Crippen LogP contribution in [0.4, 0.5) is 0 Å². The van der Waals surface area contributed by atoms with Crippen LogP contribution in [0.1, 0.15) is 22.1 Å². The largest absolute Gasteiger partial charge is 0.436 e. The van der Waals surface area contributed by atoms with E-state index in [1.807, 2.05) is 0 Å². The van der Waals surface area contributed by atoms with E-state index in [1.54, 1.807) is 19.9 Å². The maximum Gasteiger partial charge on any atom is 0.291 e. The Balaban J connectivity index is 2.89. The zero-order valence-electron chi connectivity index (χ0n) is 9.56. The fourth-order valence-electron chi connectivity index (χ4n) is 1.43. The molecule has 1 aromatic rings. The van der Waals surface area contributed by atoms with Crippen LogP contribution in [0.2, 0.25) is 0 Å². The van der Waals surface area contributed by atoms with Crippen LogP contribution in [0.15, 0.2) is 17.1 Å². The van der Waals surface area contributed by atoms with Crippen LogP contribution in [0.25, 0.3) is 0 Å². The van der Waals surface area contributed by atoms with E-state index in [0.717, 1.165) is 0 Å². The van der Waals surface area contributed by atoms with Crippen molar-refractivity contribution in [3.63, 3.8) is 0 Å². The molecule has 0 saturated carbocycles. The van der Waals surface area contributed by atoms with Crippen molar-refractivity contribution in [2.24, 2.45) is 0 Å². The summed E-state index contributed by atoms with van der Waals surface area (Å²) in [6.07, 6.45) is 1.60. The minimum atomic E-state index is -0.271. The molecule has 0 unspecified atom stereocenters. The third-order valence-corrected chi connectivity index (χ3v) is 2.10. The van der Waals surface area contributed by atoms with E-state index in [4.69, 9.17) is 9.52 Å². The van der Waals surface area contributed by atoms with Gasteiger partial charge < -0.3 is 14.4 Å². The van der Waals surface area contributed by atoms with E-state index in [2.05, 4.69) is 11.6 Å². The summed E-state index contributed by atoms with van der Waals surface area (Å²) >= 11 is 0. The summed E-state index contributed by atoms with van der Waals surface area (Å²) in [5.74, 6) is 0.420. The Morgan fingerprint density at radius 2 is 2.31 bits per heavy atom. The van der Waals surface area contributed by atoms with Gasteiger partial charge in [-0.2, -0.15) is 0 Å². The highest BCUT2D eigenvalue weighted by atomic mass is 16.4. The molecular weight excluding hydrogens is 208 g/mol. The number of nitrogens with zero attached hydrogens (tertiary/aromatic N) is 2. The highest BCUT2D eigenvalue weighted by Crippen LogP contribution is 2.12. The van der Waals surface area contributed by atoms with Crippen molar-refractivity contribution in [2.45, 2.75) is 13.8 Å². The van der Waals surface area contributed by atoms with Crippen LogP contribution in [-0.4, -0.2) is 40.6 Å². The van der Waals surface area contributed by atoms with Crippen LogP contribution >= 0.6 is 0 Å². The van der Waals surface area contributed by atoms with E-state index in [0.29, 0.717) is 18.1 Å². The highest BCUT2D eigenvalue weighted by molar-refractivity contribution is 5.92. The smallest absolute Gasteiger partial charge is 0.291 e. The normalized spacial score (nSPS) is 10.2. The Morgan fingerprint density at radius 3 is 2.75 bits per heavy atom. The van der Waals surface area contributed by atoms with Crippen molar-refractivity contribution in [1.29, 1.82) is 0 Å². The summed E-state index contributed by atoms with van der Waals surface area (Å²) < 4.78 is 5.23. The quantitative estimate of drug-likeness (QED) is 0.755. The topological polar surface area (TPSA) is 66.6 Å². The molecule has 0 aromatic carbocycles. The number of hydrogen-bond donors (Lipinski definition) is 1. The molecular formula is C11H16N2O3. The summed E-state index contributed by atoms with van der Waals surface area (Å²) in [5.41, 5.74) is 0.564. The van der Waals surface area contributed by atoms with Gasteiger partial charge in [0.15, 0.2) is 5.89 Å². The van der Waals surface area contributed by atoms with Crippen LogP contribution in [-0.2, 0) is 0 Å². The zero-order chi connectivity index (χ0) is 12.1. The SMILES string of the molecule is C=CCN(CCO)C(=O)c1oc(C)nc1C. The molecule has 0 aliphatic heterocycles. The van der Waals surface area contributed by atoms with Gasteiger partial charge in [-0.25, -0.2) is 4.98 Å². The van der Waals surface area contributed by atoms with Crippen molar-refractivity contribution in [3.05, 3.63) is 30.0 Å². The number of aryl methyl sites for hydroxylation is 2. The number of amides is 1. The van der Waals surface area contributed by atoms with Gasteiger partial charge in [0.05, 0.1) is 12.3 Å². The first-order valence-corrected chi connectivity index (χ1v) is 5.05. The molecule has 1 N–H and O–H groups in total. The predicted octanol–water partition coefficient (Wildman–Crippen LogP) is 0.912. The van der Waals surface area contributed by atoms with Gasteiger partial charge in [-0.05, 0) is 6.92 Å². The molecule has 0 aliphatic carbocycles. The van der Waals surface area contributed by atoms with Gasteiger partial charge in [-0.3, -0.25) is 4.79 Å². The second kappa shape index (κ2) is 5.46. The maximum absolute atomic E-state index is 12.0. The monoisotopic (exact) mass is 224 g/mol. The summed E-state index contributed by atoms with van der Waals surface area (Å²) in [4.78, 5) is 17.5. The molecule has 88 valence electrons. The number of hydrogen-bond acceptors (Lipinski definition) is 4. The molecule has 0 bridgehead atoms. The van der Waals surface area contributed by atoms with Gasteiger partial charge in [0.1, 0.15) is 0 Å². The lowest BCUT2D eigenvalue weighted by molar-refractivity contribution is 0.0709. The molecule has 0 saturated heterocycles. The number of carbonyl (C=O) groups is 1. The number of carbonyl (C=O) groups excluding carboxylic acids is 1. The van der Waals surface area contributed by atoms with Gasteiger partial charge in [0.2, 0.25) is 5.76 Å². The van der Waals surface area contributed by atoms with Crippen LogP contribution in [0, 0.1) is 13.8 Å². The molecule has 16 heavy (non-hydrogen) atoms. The molecule has 5 heteroatoms. The first-order chi connectivity index (χ1) is 7.60.